The van der Waals surface area contributed by atoms with Crippen molar-refractivity contribution >= 4 is 95.1 Å². The van der Waals surface area contributed by atoms with Gasteiger partial charge in [-0.2, -0.15) is 0 Å². The number of hydrogen-bond acceptors (Lipinski definition) is 4. The SMILES string of the molecule is C=Cc1c2c(n(-c3ccccc3)c1/C=C\C)N(c1ccc3oc4ccncc4c3c1)c1c(sc3ccccc13)B2c1ccccc1. The summed E-state index contributed by atoms with van der Waals surface area (Å²) >= 11 is 1.88. The van der Waals surface area contributed by atoms with E-state index in [1.54, 1.807) is 6.20 Å². The van der Waals surface area contributed by atoms with E-state index in [1.807, 2.05) is 29.7 Å². The first-order valence-corrected chi connectivity index (χ1v) is 16.3. The van der Waals surface area contributed by atoms with Crippen molar-refractivity contribution in [1.29, 1.82) is 0 Å². The fraction of sp³-hybridized carbons (Fsp3) is 0.0250. The Morgan fingerprint density at radius 3 is 2.37 bits per heavy atom. The van der Waals surface area contributed by atoms with Crippen molar-refractivity contribution in [3.8, 4) is 5.69 Å². The molecule has 0 saturated carbocycles. The minimum Gasteiger partial charge on any atom is -0.456 e. The Morgan fingerprint density at radius 2 is 1.57 bits per heavy atom. The van der Waals surface area contributed by atoms with Crippen molar-refractivity contribution in [2.75, 3.05) is 4.90 Å². The predicted molar refractivity (Wildman–Crippen MR) is 197 cm³/mol. The smallest absolute Gasteiger partial charge is 0.262 e. The summed E-state index contributed by atoms with van der Waals surface area (Å²) in [6.07, 6.45) is 10.1. The van der Waals surface area contributed by atoms with Crippen molar-refractivity contribution in [1.82, 2.24) is 9.55 Å². The van der Waals surface area contributed by atoms with Crippen LogP contribution >= 0.6 is 11.3 Å². The van der Waals surface area contributed by atoms with Crippen LogP contribution < -0.4 is 20.6 Å². The summed E-state index contributed by atoms with van der Waals surface area (Å²) in [6, 6.07) is 38.9. The fourth-order valence-electron chi connectivity index (χ4n) is 7.17. The van der Waals surface area contributed by atoms with Gasteiger partial charge in [0.1, 0.15) is 17.0 Å². The van der Waals surface area contributed by atoms with E-state index >= 15 is 0 Å². The zero-order valence-electron chi connectivity index (χ0n) is 25.2. The number of aromatic nitrogens is 2. The van der Waals surface area contributed by atoms with Crippen LogP contribution in [0.2, 0.25) is 0 Å². The van der Waals surface area contributed by atoms with E-state index in [2.05, 4.69) is 143 Å². The standard InChI is InChI=1S/C40H28BN3OS/c1-3-13-33-29(4-2)37-40(43(33)27-16-9-6-10-17-27)44(28-20-21-34-31(24-28)32-25-42-23-22-35(32)45-34)38-30-18-11-12-19-36(30)46-39(38)41(37)26-14-7-5-8-15-26/h3-25H,2H2,1H3/b13-3-. The van der Waals surface area contributed by atoms with Gasteiger partial charge in [0.05, 0.1) is 11.4 Å². The summed E-state index contributed by atoms with van der Waals surface area (Å²) in [5, 5.41) is 3.29. The van der Waals surface area contributed by atoms with E-state index in [9.17, 15) is 0 Å². The maximum atomic E-state index is 6.25. The van der Waals surface area contributed by atoms with E-state index in [4.69, 9.17) is 4.42 Å². The van der Waals surface area contributed by atoms with E-state index < -0.39 is 0 Å². The first kappa shape index (κ1) is 26.8. The molecule has 4 aromatic heterocycles. The third-order valence-corrected chi connectivity index (χ3v) is 10.3. The molecule has 0 aliphatic carbocycles. The lowest BCUT2D eigenvalue weighted by atomic mass is 9.38. The summed E-state index contributed by atoms with van der Waals surface area (Å²) in [5.74, 6) is 1.12. The van der Waals surface area contributed by atoms with Crippen LogP contribution in [0.15, 0.2) is 139 Å². The van der Waals surface area contributed by atoms with Crippen molar-refractivity contribution in [2.24, 2.45) is 0 Å². The average Bonchev–Trinajstić information content (AvgIpc) is 3.77. The Balaban J connectivity index is 1.47. The summed E-state index contributed by atoms with van der Waals surface area (Å²) in [4.78, 5) is 6.91. The molecule has 0 atom stereocenters. The topological polar surface area (TPSA) is 34.2 Å². The molecular weight excluding hydrogens is 581 g/mol. The number of furan rings is 1. The molecule has 0 N–H and O–H groups in total. The van der Waals surface area contributed by atoms with Gasteiger partial charge in [0.25, 0.3) is 6.71 Å². The minimum atomic E-state index is 0.0181. The van der Waals surface area contributed by atoms with Crippen molar-refractivity contribution in [2.45, 2.75) is 6.92 Å². The molecule has 0 saturated heterocycles. The molecule has 4 aromatic carbocycles. The van der Waals surface area contributed by atoms with Crippen LogP contribution in [0.25, 0.3) is 49.9 Å². The second-order valence-corrected chi connectivity index (χ2v) is 12.6. The zero-order chi connectivity index (χ0) is 30.8. The summed E-state index contributed by atoms with van der Waals surface area (Å²) < 4.78 is 11.2. The minimum absolute atomic E-state index is 0.0181. The Hall–Kier alpha value is -5.59. The molecule has 1 aliphatic rings. The van der Waals surface area contributed by atoms with Crippen LogP contribution in [0.1, 0.15) is 18.2 Å². The number of para-hydroxylation sites is 1. The van der Waals surface area contributed by atoms with Gasteiger partial charge in [-0.15, -0.1) is 11.3 Å². The maximum absolute atomic E-state index is 6.25. The number of fused-ring (bicyclic) bond motifs is 7. The molecule has 0 radical (unpaired) electrons. The molecule has 218 valence electrons. The number of benzene rings is 4. The molecule has 0 spiro atoms. The highest BCUT2D eigenvalue weighted by Gasteiger charge is 2.43. The highest BCUT2D eigenvalue weighted by atomic mass is 32.1. The van der Waals surface area contributed by atoms with Crippen molar-refractivity contribution in [3.63, 3.8) is 0 Å². The van der Waals surface area contributed by atoms with Gasteiger partial charge < -0.3 is 4.42 Å². The molecule has 9 rings (SSSR count). The monoisotopic (exact) mass is 609 g/mol. The number of hydrogen-bond donors (Lipinski definition) is 0. The van der Waals surface area contributed by atoms with Gasteiger partial charge in [0.2, 0.25) is 0 Å². The molecule has 1 aliphatic heterocycles. The highest BCUT2D eigenvalue weighted by molar-refractivity contribution is 7.33. The van der Waals surface area contributed by atoms with Gasteiger partial charge >= 0.3 is 0 Å². The van der Waals surface area contributed by atoms with Gasteiger partial charge in [-0.25, -0.2) is 0 Å². The largest absolute Gasteiger partial charge is 0.456 e. The first-order chi connectivity index (χ1) is 22.8. The Kier molecular flexibility index (Phi) is 6.12. The summed E-state index contributed by atoms with van der Waals surface area (Å²) in [7, 11) is 0. The van der Waals surface area contributed by atoms with Gasteiger partial charge in [-0.1, -0.05) is 90.9 Å². The lowest BCUT2D eigenvalue weighted by molar-refractivity contribution is 0.668. The van der Waals surface area contributed by atoms with E-state index in [1.165, 1.54) is 31.5 Å². The molecule has 4 nitrogen and oxygen atoms in total. The van der Waals surface area contributed by atoms with E-state index in [0.29, 0.717) is 0 Å². The third kappa shape index (κ3) is 3.84. The summed E-state index contributed by atoms with van der Waals surface area (Å²) in [5.41, 5.74) is 9.81. The molecule has 0 bridgehead atoms. The molecule has 0 amide bonds. The Morgan fingerprint density at radius 1 is 0.804 bits per heavy atom. The molecule has 6 heteroatoms. The number of nitrogens with zero attached hydrogens (tertiary/aromatic N) is 3. The van der Waals surface area contributed by atoms with Crippen LogP contribution in [0.4, 0.5) is 17.2 Å². The molecule has 5 heterocycles. The van der Waals surface area contributed by atoms with Crippen LogP contribution in [0.5, 0.6) is 0 Å². The molecular formula is C40H28BN3OS. The highest BCUT2D eigenvalue weighted by Crippen LogP contribution is 2.47. The first-order valence-electron chi connectivity index (χ1n) is 15.5. The average molecular weight is 610 g/mol. The van der Waals surface area contributed by atoms with Gasteiger partial charge in [-0.05, 0) is 66.5 Å². The van der Waals surface area contributed by atoms with Gasteiger partial charge in [-0.3, -0.25) is 14.5 Å². The van der Waals surface area contributed by atoms with Crippen LogP contribution in [-0.4, -0.2) is 16.3 Å². The van der Waals surface area contributed by atoms with Gasteiger partial charge in [0.15, 0.2) is 0 Å². The number of pyridine rings is 1. The Bertz CT molecular complexity index is 2470. The maximum Gasteiger partial charge on any atom is 0.262 e. The quantitative estimate of drug-likeness (QED) is 0.183. The number of allylic oxidation sites excluding steroid dienone is 1. The van der Waals surface area contributed by atoms with Gasteiger partial charge in [0, 0.05) is 49.4 Å². The number of rotatable bonds is 5. The van der Waals surface area contributed by atoms with E-state index in [-0.39, 0.29) is 6.71 Å². The van der Waals surface area contributed by atoms with Crippen molar-refractivity contribution in [3.05, 3.63) is 146 Å². The van der Waals surface area contributed by atoms with Crippen LogP contribution in [0.3, 0.4) is 0 Å². The third-order valence-electron chi connectivity index (χ3n) is 9.03. The molecule has 8 aromatic rings. The second-order valence-electron chi connectivity index (χ2n) is 11.6. The molecule has 0 fully saturated rings. The number of anilines is 3. The van der Waals surface area contributed by atoms with Crippen LogP contribution in [-0.2, 0) is 0 Å². The zero-order valence-corrected chi connectivity index (χ0v) is 26.0. The Labute approximate surface area is 271 Å². The van der Waals surface area contributed by atoms with Crippen molar-refractivity contribution < 1.29 is 4.42 Å². The van der Waals surface area contributed by atoms with Crippen LogP contribution in [0, 0.1) is 0 Å². The molecule has 0 unspecified atom stereocenters. The number of thiophene rings is 1. The predicted octanol–water partition coefficient (Wildman–Crippen LogP) is 8.96. The molecule has 46 heavy (non-hydrogen) atoms. The fourth-order valence-corrected chi connectivity index (χ4v) is 8.50. The summed E-state index contributed by atoms with van der Waals surface area (Å²) in [6.45, 7) is 6.50. The lowest BCUT2D eigenvalue weighted by Crippen LogP contribution is -2.56. The second kappa shape index (κ2) is 10.5. The lowest BCUT2D eigenvalue weighted by Gasteiger charge is -2.35. The normalized spacial score (nSPS) is 12.8. The van der Waals surface area contributed by atoms with E-state index in [0.717, 1.165) is 50.4 Å².